The highest BCUT2D eigenvalue weighted by molar-refractivity contribution is 7.47. The van der Waals surface area contributed by atoms with Crippen LogP contribution in [0.2, 0.25) is 0 Å². The van der Waals surface area contributed by atoms with Crippen molar-refractivity contribution in [1.29, 1.82) is 0 Å². The lowest BCUT2D eigenvalue weighted by Gasteiger charge is -2.20. The number of carbonyl (C=O) groups excluding carboxylic acids is 2. The number of ether oxygens (including phenoxy) is 2. The van der Waals surface area contributed by atoms with Crippen LogP contribution in [0, 0.1) is 20.8 Å². The molecule has 1 unspecified atom stereocenters. The number of aryl methyl sites for hydroxylation is 5. The molecular weight excluding hydrogens is 769 g/mol. The molecule has 0 saturated heterocycles. The van der Waals surface area contributed by atoms with Crippen LogP contribution in [0.4, 0.5) is 0 Å². The van der Waals surface area contributed by atoms with Crippen molar-refractivity contribution in [1.82, 2.24) is 5.32 Å². The zero-order valence-corrected chi connectivity index (χ0v) is 38.8. The quantitative estimate of drug-likeness (QED) is 0.0378. The van der Waals surface area contributed by atoms with Crippen molar-refractivity contribution >= 4 is 19.8 Å². The summed E-state index contributed by atoms with van der Waals surface area (Å²) in [5, 5.41) is 2.83. The first kappa shape index (κ1) is 52.7. The van der Waals surface area contributed by atoms with Crippen LogP contribution in [0.15, 0.2) is 14.9 Å². The summed E-state index contributed by atoms with van der Waals surface area (Å²) in [7, 11) is -2.68. The van der Waals surface area contributed by atoms with Crippen LogP contribution in [0.5, 0.6) is 0 Å². The van der Waals surface area contributed by atoms with Gasteiger partial charge in [0, 0.05) is 45.1 Å². The van der Waals surface area contributed by atoms with Gasteiger partial charge >= 0.3 is 19.8 Å². The van der Waals surface area contributed by atoms with E-state index in [1.807, 2.05) is 0 Å². The molecule has 59 heavy (non-hydrogen) atoms. The van der Waals surface area contributed by atoms with Gasteiger partial charge in [-0.2, -0.15) is 0 Å². The van der Waals surface area contributed by atoms with E-state index in [9.17, 15) is 19.0 Å². The zero-order chi connectivity index (χ0) is 43.1. The molecule has 12 heteroatoms. The van der Waals surface area contributed by atoms with E-state index < -0.39 is 32.5 Å². The van der Waals surface area contributed by atoms with Gasteiger partial charge in [-0.1, -0.05) is 104 Å². The standard InChI is InChI=1S/C47H82NO10P/c1-7-9-21-27-41-35-38(3)43(56-41)28-23-17-13-11-12-14-20-26-32-47(50)57-42(37-55-59(51,52)54-34-33-48-6)36-53-46(49)31-25-19-16-15-18-24-30-45-40(5)39(4)44(58-45)29-22-10-8-2/h35,42,48H,7-34,36-37H2,1-6H3,(H,51,52)/t42-/m1/s1. The third-order valence-corrected chi connectivity index (χ3v) is 12.1. The van der Waals surface area contributed by atoms with Crippen molar-refractivity contribution < 1.29 is 46.4 Å². The first-order valence-electron chi connectivity index (χ1n) is 23.3. The summed E-state index contributed by atoms with van der Waals surface area (Å²) in [6.45, 7) is 10.6. The van der Waals surface area contributed by atoms with Gasteiger partial charge in [0.15, 0.2) is 6.10 Å². The summed E-state index contributed by atoms with van der Waals surface area (Å²) in [5.41, 5.74) is 3.89. The predicted octanol–water partition coefficient (Wildman–Crippen LogP) is 12.1. The molecule has 2 rings (SSSR count). The smallest absolute Gasteiger partial charge is 0.466 e. The molecule has 0 saturated carbocycles. The molecule has 2 atom stereocenters. The molecule has 0 spiro atoms. The second kappa shape index (κ2) is 32.3. The second-order valence-electron chi connectivity index (χ2n) is 16.4. The van der Waals surface area contributed by atoms with Gasteiger partial charge in [-0.25, -0.2) is 4.57 Å². The number of furan rings is 2. The van der Waals surface area contributed by atoms with E-state index in [4.69, 9.17) is 27.4 Å². The van der Waals surface area contributed by atoms with Gasteiger partial charge in [-0.05, 0) is 89.1 Å². The number of phosphoric acid groups is 1. The molecule has 340 valence electrons. The Morgan fingerprint density at radius 3 is 1.69 bits per heavy atom. The van der Waals surface area contributed by atoms with Crippen molar-refractivity contribution in [3.05, 3.63) is 45.8 Å². The Labute approximate surface area is 357 Å². The first-order chi connectivity index (χ1) is 28.5. The van der Waals surface area contributed by atoms with Gasteiger partial charge in [0.1, 0.15) is 29.6 Å². The number of hydrogen-bond acceptors (Lipinski definition) is 10. The van der Waals surface area contributed by atoms with E-state index in [1.54, 1.807) is 7.05 Å². The molecule has 0 radical (unpaired) electrons. The van der Waals surface area contributed by atoms with Crippen LogP contribution in [0.3, 0.4) is 0 Å². The van der Waals surface area contributed by atoms with Gasteiger partial charge in [-0.3, -0.25) is 18.6 Å². The van der Waals surface area contributed by atoms with Crippen LogP contribution >= 0.6 is 7.82 Å². The fourth-order valence-corrected chi connectivity index (χ4v) is 7.97. The molecule has 0 aliphatic rings. The summed E-state index contributed by atoms with van der Waals surface area (Å²) >= 11 is 0. The van der Waals surface area contributed by atoms with Gasteiger partial charge in [-0.15, -0.1) is 0 Å². The molecule has 0 fully saturated rings. The third kappa shape index (κ3) is 24.6. The largest absolute Gasteiger partial charge is 0.472 e. The van der Waals surface area contributed by atoms with Crippen molar-refractivity contribution in [2.24, 2.45) is 0 Å². The molecule has 0 amide bonds. The van der Waals surface area contributed by atoms with Crippen molar-refractivity contribution in [2.75, 3.05) is 33.4 Å². The van der Waals surface area contributed by atoms with Crippen LogP contribution in [0.25, 0.3) is 0 Å². The molecule has 0 aliphatic heterocycles. The Morgan fingerprint density at radius 2 is 1.14 bits per heavy atom. The molecule has 0 aliphatic carbocycles. The van der Waals surface area contributed by atoms with Gasteiger partial charge in [0.25, 0.3) is 0 Å². The molecule has 0 bridgehead atoms. The minimum Gasteiger partial charge on any atom is -0.466 e. The summed E-state index contributed by atoms with van der Waals surface area (Å²) < 4.78 is 45.7. The summed E-state index contributed by atoms with van der Waals surface area (Å²) in [6.07, 6.45) is 25.1. The lowest BCUT2D eigenvalue weighted by atomic mass is 10.0. The highest BCUT2D eigenvalue weighted by Gasteiger charge is 2.26. The minimum atomic E-state index is -4.38. The molecule has 11 nitrogen and oxygen atoms in total. The maximum atomic E-state index is 12.7. The van der Waals surface area contributed by atoms with Crippen LogP contribution in [-0.2, 0) is 58.4 Å². The van der Waals surface area contributed by atoms with E-state index in [-0.39, 0.29) is 26.1 Å². The van der Waals surface area contributed by atoms with E-state index in [2.05, 4.69) is 46.0 Å². The van der Waals surface area contributed by atoms with Gasteiger partial charge in [0.2, 0.25) is 0 Å². The topological polar surface area (TPSA) is 147 Å². The monoisotopic (exact) mass is 852 g/mol. The second-order valence-corrected chi connectivity index (χ2v) is 17.8. The van der Waals surface area contributed by atoms with Crippen molar-refractivity contribution in [2.45, 2.75) is 208 Å². The summed E-state index contributed by atoms with van der Waals surface area (Å²) in [6, 6.07) is 2.21. The van der Waals surface area contributed by atoms with E-state index in [0.717, 1.165) is 113 Å². The number of carbonyl (C=O) groups is 2. The maximum Gasteiger partial charge on any atom is 0.472 e. The SMILES string of the molecule is CCCCCc1cc(C)c(CCCCCCCCCCC(=O)O[C@H](COC(=O)CCCCCCCCc2oc(CCCCC)c(C)c2C)COP(=O)(O)OCCNC)o1. The average Bonchev–Trinajstić information content (AvgIpc) is 3.70. The normalized spacial score (nSPS) is 13.1. The number of phosphoric ester groups is 1. The Morgan fingerprint density at radius 1 is 0.644 bits per heavy atom. The number of hydrogen-bond donors (Lipinski definition) is 2. The Hall–Kier alpha value is -2.43. The first-order valence-corrected chi connectivity index (χ1v) is 24.8. The number of unbranched alkanes of at least 4 members (excludes halogenated alkanes) is 16. The number of nitrogens with one attached hydrogen (secondary N) is 1. The Kier molecular flexibility index (Phi) is 28.9. The zero-order valence-electron chi connectivity index (χ0n) is 37.9. The van der Waals surface area contributed by atoms with Crippen LogP contribution in [0.1, 0.15) is 195 Å². The molecule has 2 heterocycles. The highest BCUT2D eigenvalue weighted by atomic mass is 31.2. The molecular formula is C47H82NO10P. The third-order valence-electron chi connectivity index (χ3n) is 11.1. The lowest BCUT2D eigenvalue weighted by molar-refractivity contribution is -0.161. The highest BCUT2D eigenvalue weighted by Crippen LogP contribution is 2.43. The Balaban J connectivity index is 1.62. The Bertz CT molecular complexity index is 1450. The molecule has 2 aromatic heterocycles. The van der Waals surface area contributed by atoms with Gasteiger partial charge < -0.3 is 28.5 Å². The molecule has 2 N–H and O–H groups in total. The minimum absolute atomic E-state index is 0.0300. The van der Waals surface area contributed by atoms with Crippen LogP contribution < -0.4 is 5.32 Å². The predicted molar refractivity (Wildman–Crippen MR) is 236 cm³/mol. The maximum absolute atomic E-state index is 12.7. The fraction of sp³-hybridized carbons (Fsp3) is 0.787. The summed E-state index contributed by atoms with van der Waals surface area (Å²) in [4.78, 5) is 35.3. The number of rotatable bonds is 38. The molecule has 2 aromatic rings. The van der Waals surface area contributed by atoms with Crippen molar-refractivity contribution in [3.63, 3.8) is 0 Å². The number of likely N-dealkylation sites (N-methyl/N-ethyl adjacent to an activating group) is 1. The van der Waals surface area contributed by atoms with E-state index in [0.29, 0.717) is 19.4 Å². The van der Waals surface area contributed by atoms with Gasteiger partial charge in [0.05, 0.1) is 13.2 Å². The van der Waals surface area contributed by atoms with Crippen LogP contribution in [-0.4, -0.2) is 56.3 Å². The lowest BCUT2D eigenvalue weighted by Crippen LogP contribution is -2.29. The number of esters is 2. The van der Waals surface area contributed by atoms with Crippen molar-refractivity contribution in [3.8, 4) is 0 Å². The fourth-order valence-electron chi connectivity index (χ4n) is 7.22. The van der Waals surface area contributed by atoms with E-state index >= 15 is 0 Å². The average molecular weight is 852 g/mol. The van der Waals surface area contributed by atoms with E-state index in [1.165, 1.54) is 68.1 Å². The summed E-state index contributed by atoms with van der Waals surface area (Å²) in [5.74, 6) is 3.70. The molecule has 0 aromatic carbocycles.